The number of fused-ring (bicyclic) bond motifs is 2. The highest BCUT2D eigenvalue weighted by Gasteiger charge is 2.24. The average Bonchev–Trinajstić information content (AvgIpc) is 2.67. The van der Waals surface area contributed by atoms with E-state index in [0.717, 1.165) is 53.5 Å². The molecule has 146 valence electrons. The van der Waals surface area contributed by atoms with Crippen LogP contribution in [0.2, 0.25) is 0 Å². The number of phenols is 1. The molecule has 3 aromatic rings. The van der Waals surface area contributed by atoms with Crippen LogP contribution in [0.5, 0.6) is 11.8 Å². The largest absolute Gasteiger partial charge is 0.508 e. The lowest BCUT2D eigenvalue weighted by molar-refractivity contribution is 0.192. The van der Waals surface area contributed by atoms with Crippen LogP contribution in [0.25, 0.3) is 10.8 Å². The molecular formula is C22H26N4O2. The molecule has 4 rings (SSSR count). The quantitative estimate of drug-likeness (QED) is 0.697. The molecule has 0 amide bonds. The number of hydrogen-bond acceptors (Lipinski definition) is 6. The van der Waals surface area contributed by atoms with Crippen molar-refractivity contribution in [2.45, 2.75) is 45.8 Å². The predicted octanol–water partition coefficient (Wildman–Crippen LogP) is 4.05. The van der Waals surface area contributed by atoms with Crippen molar-refractivity contribution in [1.29, 1.82) is 0 Å². The van der Waals surface area contributed by atoms with E-state index in [1.54, 1.807) is 6.07 Å². The molecule has 3 N–H and O–H groups in total. The van der Waals surface area contributed by atoms with Gasteiger partial charge in [-0.1, -0.05) is 37.6 Å². The Kier molecular flexibility index (Phi) is 4.94. The first-order valence-electron chi connectivity index (χ1n) is 9.83. The third-order valence-electron chi connectivity index (χ3n) is 5.24. The van der Waals surface area contributed by atoms with Crippen LogP contribution in [0, 0.1) is 0 Å². The van der Waals surface area contributed by atoms with Crippen LogP contribution >= 0.6 is 0 Å². The summed E-state index contributed by atoms with van der Waals surface area (Å²) >= 11 is 0. The summed E-state index contributed by atoms with van der Waals surface area (Å²) in [6, 6.07) is 12.0. The second-order valence-corrected chi connectivity index (χ2v) is 7.39. The Morgan fingerprint density at radius 1 is 1.25 bits per heavy atom. The number of anilines is 2. The molecule has 28 heavy (non-hydrogen) atoms. The maximum Gasteiger partial charge on any atom is 0.318 e. The van der Waals surface area contributed by atoms with Crippen molar-refractivity contribution in [3.8, 4) is 11.8 Å². The van der Waals surface area contributed by atoms with Crippen LogP contribution in [0.1, 0.15) is 37.9 Å². The summed E-state index contributed by atoms with van der Waals surface area (Å²) in [6.45, 7) is 5.54. The molecule has 6 nitrogen and oxygen atoms in total. The Morgan fingerprint density at radius 2 is 2.07 bits per heavy atom. The number of aromatic nitrogens is 2. The Labute approximate surface area is 165 Å². The third-order valence-corrected chi connectivity index (χ3v) is 5.24. The van der Waals surface area contributed by atoms with Crippen molar-refractivity contribution in [3.05, 3.63) is 47.7 Å². The molecule has 0 saturated carbocycles. The first-order chi connectivity index (χ1) is 13.5. The highest BCUT2D eigenvalue weighted by molar-refractivity contribution is 5.95. The van der Waals surface area contributed by atoms with Gasteiger partial charge in [0.2, 0.25) is 0 Å². The first-order valence-corrected chi connectivity index (χ1v) is 9.83. The van der Waals surface area contributed by atoms with Gasteiger partial charge in [-0.15, -0.1) is 0 Å². The zero-order chi connectivity index (χ0) is 19.7. The van der Waals surface area contributed by atoms with E-state index in [1.165, 1.54) is 0 Å². The summed E-state index contributed by atoms with van der Waals surface area (Å²) in [4.78, 5) is 11.2. The number of nitrogens with two attached hydrogens (primary N) is 1. The van der Waals surface area contributed by atoms with Gasteiger partial charge in [0.15, 0.2) is 0 Å². The number of ether oxygens (including phenoxy) is 1. The molecule has 0 fully saturated rings. The Balaban J connectivity index is 1.67. The van der Waals surface area contributed by atoms with Gasteiger partial charge in [-0.25, -0.2) is 0 Å². The average molecular weight is 378 g/mol. The molecule has 1 aromatic heterocycles. The van der Waals surface area contributed by atoms with E-state index >= 15 is 0 Å². The molecular weight excluding hydrogens is 352 g/mol. The van der Waals surface area contributed by atoms with Crippen molar-refractivity contribution in [2.75, 3.05) is 17.2 Å². The standard InChI is InChI=1S/C22H26N4O2/c1-3-6-14(2)28-22-24-19-13-26(10-9-18(19)21(23)25-22)20-12-16(27)11-15-7-4-5-8-17(15)20/h4-5,7-8,11-12,14,27H,3,6,9-10,13H2,1-2H3,(H2,23,24,25). The number of phenolic OH excluding ortho intramolecular Hbond substituents is 1. The second kappa shape index (κ2) is 7.54. The van der Waals surface area contributed by atoms with Gasteiger partial charge < -0.3 is 20.5 Å². The van der Waals surface area contributed by atoms with Gasteiger partial charge in [-0.2, -0.15) is 9.97 Å². The smallest absolute Gasteiger partial charge is 0.318 e. The molecule has 2 aromatic carbocycles. The highest BCUT2D eigenvalue weighted by atomic mass is 16.5. The molecule has 1 atom stereocenters. The maximum atomic E-state index is 10.2. The fraction of sp³-hybridized carbons (Fsp3) is 0.364. The fourth-order valence-corrected chi connectivity index (χ4v) is 3.88. The second-order valence-electron chi connectivity index (χ2n) is 7.39. The van der Waals surface area contributed by atoms with E-state index in [0.29, 0.717) is 18.4 Å². The van der Waals surface area contributed by atoms with E-state index in [4.69, 9.17) is 10.5 Å². The van der Waals surface area contributed by atoms with Crippen molar-refractivity contribution in [2.24, 2.45) is 0 Å². The van der Waals surface area contributed by atoms with Crippen LogP contribution in [-0.2, 0) is 13.0 Å². The van der Waals surface area contributed by atoms with E-state index in [9.17, 15) is 5.11 Å². The zero-order valence-electron chi connectivity index (χ0n) is 16.4. The summed E-state index contributed by atoms with van der Waals surface area (Å²) in [5.41, 5.74) is 9.09. The van der Waals surface area contributed by atoms with Crippen LogP contribution < -0.4 is 15.4 Å². The van der Waals surface area contributed by atoms with Gasteiger partial charge in [0, 0.05) is 29.2 Å². The van der Waals surface area contributed by atoms with E-state index in [2.05, 4.69) is 27.9 Å². The molecule has 0 spiro atoms. The van der Waals surface area contributed by atoms with Gasteiger partial charge in [0.05, 0.1) is 18.3 Å². The summed E-state index contributed by atoms with van der Waals surface area (Å²) in [5.74, 6) is 0.767. The van der Waals surface area contributed by atoms with Crippen molar-refractivity contribution in [1.82, 2.24) is 9.97 Å². The minimum Gasteiger partial charge on any atom is -0.508 e. The molecule has 0 saturated heterocycles. The van der Waals surface area contributed by atoms with Crippen molar-refractivity contribution < 1.29 is 9.84 Å². The van der Waals surface area contributed by atoms with Crippen LogP contribution in [-0.4, -0.2) is 27.7 Å². The number of benzene rings is 2. The summed E-state index contributed by atoms with van der Waals surface area (Å²) in [6.07, 6.45) is 2.80. The molecule has 0 radical (unpaired) electrons. The third kappa shape index (κ3) is 3.54. The fourth-order valence-electron chi connectivity index (χ4n) is 3.88. The van der Waals surface area contributed by atoms with Gasteiger partial charge in [0.25, 0.3) is 0 Å². The van der Waals surface area contributed by atoms with Crippen LogP contribution in [0.3, 0.4) is 0 Å². The van der Waals surface area contributed by atoms with Crippen LogP contribution in [0.4, 0.5) is 11.5 Å². The van der Waals surface area contributed by atoms with E-state index in [1.807, 2.05) is 31.2 Å². The Hall–Kier alpha value is -3.02. The summed E-state index contributed by atoms with van der Waals surface area (Å²) in [7, 11) is 0. The molecule has 1 unspecified atom stereocenters. The Morgan fingerprint density at radius 3 is 2.89 bits per heavy atom. The van der Waals surface area contributed by atoms with Gasteiger partial charge >= 0.3 is 6.01 Å². The summed E-state index contributed by atoms with van der Waals surface area (Å²) < 4.78 is 5.87. The normalized spacial score (nSPS) is 14.7. The SMILES string of the molecule is CCCC(C)Oc1nc(N)c2c(n1)CN(c1cc(O)cc3ccccc13)CC2. The van der Waals surface area contributed by atoms with E-state index < -0.39 is 0 Å². The van der Waals surface area contributed by atoms with E-state index in [-0.39, 0.29) is 11.9 Å². The predicted molar refractivity (Wildman–Crippen MR) is 112 cm³/mol. The molecule has 6 heteroatoms. The lowest BCUT2D eigenvalue weighted by Gasteiger charge is -2.31. The van der Waals surface area contributed by atoms with Gasteiger partial charge in [0.1, 0.15) is 11.6 Å². The van der Waals surface area contributed by atoms with Crippen molar-refractivity contribution >= 4 is 22.3 Å². The zero-order valence-corrected chi connectivity index (χ0v) is 16.4. The maximum absolute atomic E-state index is 10.2. The Bertz CT molecular complexity index is 1010. The monoisotopic (exact) mass is 378 g/mol. The lowest BCUT2D eigenvalue weighted by atomic mass is 10.0. The topological polar surface area (TPSA) is 84.5 Å². The number of nitrogen functional groups attached to an aromatic ring is 1. The molecule has 1 aliphatic rings. The molecule has 2 heterocycles. The van der Waals surface area contributed by atoms with Crippen LogP contribution in [0.15, 0.2) is 36.4 Å². The highest BCUT2D eigenvalue weighted by Crippen LogP contribution is 2.35. The first kappa shape index (κ1) is 18.3. The number of rotatable bonds is 5. The minimum atomic E-state index is 0.0529. The number of nitrogens with zero attached hydrogens (tertiary/aromatic N) is 3. The minimum absolute atomic E-state index is 0.0529. The number of aromatic hydroxyl groups is 1. The summed E-state index contributed by atoms with van der Waals surface area (Å²) in [5, 5.41) is 12.3. The molecule has 0 bridgehead atoms. The lowest BCUT2D eigenvalue weighted by Crippen LogP contribution is -2.32. The van der Waals surface area contributed by atoms with Gasteiger partial charge in [-0.05, 0) is 31.2 Å². The molecule has 1 aliphatic heterocycles. The number of hydrogen-bond donors (Lipinski definition) is 2. The molecule has 0 aliphatic carbocycles. The van der Waals surface area contributed by atoms with Gasteiger partial charge in [-0.3, -0.25) is 0 Å². The van der Waals surface area contributed by atoms with Crippen molar-refractivity contribution in [3.63, 3.8) is 0 Å².